The SMILES string of the molecule is [C-]#[N+]Cc1coc(-c2ccc(Cl)cc2)n1. The van der Waals surface area contributed by atoms with Crippen LogP contribution in [0, 0.1) is 6.57 Å². The fourth-order valence-electron chi connectivity index (χ4n) is 1.19. The average molecular weight is 219 g/mol. The molecule has 1 aromatic heterocycles. The molecule has 0 atom stereocenters. The molecule has 74 valence electrons. The van der Waals surface area contributed by atoms with Crippen molar-refractivity contribution in [2.75, 3.05) is 0 Å². The van der Waals surface area contributed by atoms with Gasteiger partial charge in [-0.1, -0.05) is 11.6 Å². The van der Waals surface area contributed by atoms with Gasteiger partial charge in [-0.25, -0.2) is 11.6 Å². The Morgan fingerprint density at radius 3 is 2.73 bits per heavy atom. The third-order valence-corrected chi connectivity index (χ3v) is 2.14. The van der Waals surface area contributed by atoms with Gasteiger partial charge in [0.15, 0.2) is 5.69 Å². The Kier molecular flexibility index (Phi) is 2.70. The van der Waals surface area contributed by atoms with E-state index in [1.165, 1.54) is 6.26 Å². The lowest BCUT2D eigenvalue weighted by Crippen LogP contribution is -1.80. The van der Waals surface area contributed by atoms with E-state index < -0.39 is 0 Å². The monoisotopic (exact) mass is 218 g/mol. The second-order valence-corrected chi connectivity index (χ2v) is 3.40. The summed E-state index contributed by atoms with van der Waals surface area (Å²) in [5.74, 6) is 0.519. The lowest BCUT2D eigenvalue weighted by atomic mass is 10.2. The summed E-state index contributed by atoms with van der Waals surface area (Å²) < 4.78 is 5.25. The molecule has 4 heteroatoms. The first-order valence-electron chi connectivity index (χ1n) is 4.33. The molecule has 2 rings (SSSR count). The largest absolute Gasteiger partial charge is 0.444 e. The van der Waals surface area contributed by atoms with E-state index >= 15 is 0 Å². The highest BCUT2D eigenvalue weighted by atomic mass is 35.5. The molecule has 0 N–H and O–H groups in total. The van der Waals surface area contributed by atoms with Gasteiger partial charge in [-0.15, -0.1) is 0 Å². The van der Waals surface area contributed by atoms with Crippen LogP contribution >= 0.6 is 11.6 Å². The van der Waals surface area contributed by atoms with Crippen LogP contribution in [0.1, 0.15) is 5.69 Å². The van der Waals surface area contributed by atoms with Gasteiger partial charge in [0.05, 0.1) is 0 Å². The van der Waals surface area contributed by atoms with Crippen molar-refractivity contribution in [1.29, 1.82) is 0 Å². The molecule has 3 nitrogen and oxygen atoms in total. The highest BCUT2D eigenvalue weighted by molar-refractivity contribution is 6.30. The number of oxazole rings is 1. The zero-order valence-corrected chi connectivity index (χ0v) is 8.53. The van der Waals surface area contributed by atoms with Gasteiger partial charge in [0.25, 0.3) is 6.54 Å². The highest BCUT2D eigenvalue weighted by Crippen LogP contribution is 2.20. The van der Waals surface area contributed by atoms with Crippen LogP contribution in [0.15, 0.2) is 34.9 Å². The summed E-state index contributed by atoms with van der Waals surface area (Å²) in [5, 5.41) is 0.673. The Balaban J connectivity index is 2.30. The highest BCUT2D eigenvalue weighted by Gasteiger charge is 2.07. The molecule has 0 saturated heterocycles. The van der Waals surface area contributed by atoms with Crippen LogP contribution in [0.3, 0.4) is 0 Å². The minimum absolute atomic E-state index is 0.247. The molecule has 0 spiro atoms. The van der Waals surface area contributed by atoms with Crippen molar-refractivity contribution in [3.05, 3.63) is 52.7 Å². The molecule has 0 fully saturated rings. The van der Waals surface area contributed by atoms with Crippen LogP contribution in [0.25, 0.3) is 16.3 Å². The summed E-state index contributed by atoms with van der Waals surface area (Å²) in [6.45, 7) is 6.96. The Morgan fingerprint density at radius 2 is 2.07 bits per heavy atom. The standard InChI is InChI=1S/C11H7ClN2O/c1-13-6-10-7-15-11(14-10)8-2-4-9(12)5-3-8/h2-5,7H,6H2. The fraction of sp³-hybridized carbons (Fsp3) is 0.0909. The molecule has 0 aliphatic carbocycles. The van der Waals surface area contributed by atoms with Gasteiger partial charge in [0, 0.05) is 10.6 Å². The third kappa shape index (κ3) is 2.17. The summed E-state index contributed by atoms with van der Waals surface area (Å²) in [6, 6.07) is 7.21. The van der Waals surface area contributed by atoms with Crippen LogP contribution in [-0.2, 0) is 6.54 Å². The second kappa shape index (κ2) is 4.16. The van der Waals surface area contributed by atoms with E-state index in [9.17, 15) is 0 Å². The fourth-order valence-corrected chi connectivity index (χ4v) is 1.31. The predicted molar refractivity (Wildman–Crippen MR) is 57.3 cm³/mol. The Morgan fingerprint density at radius 1 is 1.33 bits per heavy atom. The smallest absolute Gasteiger partial charge is 0.259 e. The molecule has 0 unspecified atom stereocenters. The topological polar surface area (TPSA) is 30.4 Å². The van der Waals surface area contributed by atoms with Crippen LogP contribution in [0.5, 0.6) is 0 Å². The Labute approximate surface area is 92.1 Å². The van der Waals surface area contributed by atoms with Gasteiger partial charge in [-0.05, 0) is 24.3 Å². The van der Waals surface area contributed by atoms with Crippen molar-refractivity contribution < 1.29 is 4.42 Å². The van der Waals surface area contributed by atoms with Crippen LogP contribution in [0.2, 0.25) is 5.02 Å². The Hall–Kier alpha value is -1.79. The van der Waals surface area contributed by atoms with Gasteiger partial charge >= 0.3 is 0 Å². The van der Waals surface area contributed by atoms with E-state index in [-0.39, 0.29) is 6.54 Å². The number of nitrogens with zero attached hydrogens (tertiary/aromatic N) is 2. The number of aromatic nitrogens is 1. The lowest BCUT2D eigenvalue weighted by Gasteiger charge is -1.93. The maximum absolute atomic E-state index is 6.71. The summed E-state index contributed by atoms with van der Waals surface area (Å²) in [4.78, 5) is 7.41. The molecule has 0 aliphatic rings. The number of hydrogen-bond donors (Lipinski definition) is 0. The molecule has 0 bridgehead atoms. The maximum Gasteiger partial charge on any atom is 0.259 e. The number of rotatable bonds is 2. The molecule has 1 heterocycles. The minimum Gasteiger partial charge on any atom is -0.444 e. The van der Waals surface area contributed by atoms with Crippen LogP contribution < -0.4 is 0 Å². The molecule has 0 amide bonds. The molecule has 2 aromatic rings. The molecular formula is C11H7ClN2O. The average Bonchev–Trinajstić information content (AvgIpc) is 2.68. The van der Waals surface area contributed by atoms with Crippen LogP contribution in [0.4, 0.5) is 0 Å². The van der Waals surface area contributed by atoms with Gasteiger partial charge < -0.3 is 9.26 Å². The summed E-state index contributed by atoms with van der Waals surface area (Å²) in [5.41, 5.74) is 1.51. The Bertz CT molecular complexity index is 496. The summed E-state index contributed by atoms with van der Waals surface area (Å²) >= 11 is 5.76. The minimum atomic E-state index is 0.247. The summed E-state index contributed by atoms with van der Waals surface area (Å²) in [7, 11) is 0. The van der Waals surface area contributed by atoms with Crippen molar-refractivity contribution in [1.82, 2.24) is 4.98 Å². The van der Waals surface area contributed by atoms with Gasteiger partial charge in [0.1, 0.15) is 6.26 Å². The molecule has 0 radical (unpaired) electrons. The lowest BCUT2D eigenvalue weighted by molar-refractivity contribution is 0.573. The predicted octanol–water partition coefficient (Wildman–Crippen LogP) is 3.41. The quantitative estimate of drug-likeness (QED) is 0.723. The first kappa shape index (κ1) is 9.75. The first-order chi connectivity index (χ1) is 7.29. The van der Waals surface area contributed by atoms with Crippen molar-refractivity contribution >= 4 is 11.6 Å². The van der Waals surface area contributed by atoms with Gasteiger partial charge in [-0.3, -0.25) is 0 Å². The normalized spacial score (nSPS) is 9.87. The third-order valence-electron chi connectivity index (χ3n) is 1.88. The van der Waals surface area contributed by atoms with E-state index in [0.717, 1.165) is 5.56 Å². The molecule has 1 aromatic carbocycles. The van der Waals surface area contributed by atoms with Crippen molar-refractivity contribution in [2.24, 2.45) is 0 Å². The molecular weight excluding hydrogens is 212 g/mol. The first-order valence-corrected chi connectivity index (χ1v) is 4.71. The second-order valence-electron chi connectivity index (χ2n) is 2.97. The van der Waals surface area contributed by atoms with E-state index in [1.807, 2.05) is 12.1 Å². The van der Waals surface area contributed by atoms with Gasteiger partial charge in [-0.2, -0.15) is 0 Å². The van der Waals surface area contributed by atoms with E-state index in [4.69, 9.17) is 22.6 Å². The molecule has 15 heavy (non-hydrogen) atoms. The zero-order valence-electron chi connectivity index (χ0n) is 7.77. The van der Waals surface area contributed by atoms with Crippen molar-refractivity contribution in [3.8, 4) is 11.5 Å². The molecule has 0 aliphatic heterocycles. The summed E-state index contributed by atoms with van der Waals surface area (Å²) in [6.07, 6.45) is 1.50. The maximum atomic E-state index is 6.71. The zero-order chi connectivity index (χ0) is 10.7. The van der Waals surface area contributed by atoms with E-state index in [2.05, 4.69) is 9.83 Å². The van der Waals surface area contributed by atoms with Gasteiger partial charge in [0.2, 0.25) is 5.89 Å². The van der Waals surface area contributed by atoms with Crippen molar-refractivity contribution in [3.63, 3.8) is 0 Å². The van der Waals surface area contributed by atoms with Crippen LogP contribution in [-0.4, -0.2) is 4.98 Å². The molecule has 0 saturated carbocycles. The van der Waals surface area contributed by atoms with E-state index in [1.54, 1.807) is 12.1 Å². The van der Waals surface area contributed by atoms with Crippen molar-refractivity contribution in [2.45, 2.75) is 6.54 Å². The number of hydrogen-bond acceptors (Lipinski definition) is 2. The van der Waals surface area contributed by atoms with E-state index in [0.29, 0.717) is 16.6 Å². The number of halogens is 1. The number of benzene rings is 1.